The lowest BCUT2D eigenvalue weighted by Crippen LogP contribution is -2.42. The topological polar surface area (TPSA) is 92.3 Å². The first kappa shape index (κ1) is 16.1. The second-order valence-electron chi connectivity index (χ2n) is 4.15. The zero-order valence-corrected chi connectivity index (χ0v) is 12.5. The minimum atomic E-state index is -3.89. The molecule has 0 atom stereocenters. The highest BCUT2D eigenvalue weighted by molar-refractivity contribution is 7.92. The molecule has 1 aromatic rings. The van der Waals surface area contributed by atoms with E-state index in [9.17, 15) is 16.8 Å². The van der Waals surface area contributed by atoms with Crippen LogP contribution in [0.5, 0.6) is 0 Å². The zero-order valence-electron chi connectivity index (χ0n) is 10.9. The molecule has 6 nitrogen and oxygen atoms in total. The number of aryl methyl sites for hydroxylation is 1. The Balaban J connectivity index is 2.80. The highest BCUT2D eigenvalue weighted by Crippen LogP contribution is 2.13. The first-order chi connectivity index (χ1) is 8.78. The standard InChI is InChI=1S/C11H18N2O4S2/c1-3-4-9-18(14,15)12-13-19(16,17)11-8-6-5-7-10(11)2/h5-8,12-13H,3-4,9H2,1-2H3. The van der Waals surface area contributed by atoms with Gasteiger partial charge in [-0.15, -0.1) is 9.66 Å². The van der Waals surface area contributed by atoms with E-state index < -0.39 is 20.0 Å². The number of hydrazine groups is 1. The summed E-state index contributed by atoms with van der Waals surface area (Å²) in [5, 5.41) is 0. The molecule has 0 aliphatic rings. The Hall–Kier alpha value is -0.960. The van der Waals surface area contributed by atoms with Gasteiger partial charge in [-0.2, -0.15) is 0 Å². The van der Waals surface area contributed by atoms with Crippen molar-refractivity contribution in [2.24, 2.45) is 0 Å². The smallest absolute Gasteiger partial charge is 0.211 e. The van der Waals surface area contributed by atoms with Crippen LogP contribution in [0.25, 0.3) is 0 Å². The van der Waals surface area contributed by atoms with Crippen molar-refractivity contribution in [3.63, 3.8) is 0 Å². The monoisotopic (exact) mass is 306 g/mol. The lowest BCUT2D eigenvalue weighted by Gasteiger charge is -2.10. The third kappa shape index (κ3) is 4.90. The second kappa shape index (κ2) is 6.47. The van der Waals surface area contributed by atoms with Crippen LogP contribution in [0.15, 0.2) is 29.2 Å². The molecule has 0 fully saturated rings. The quantitative estimate of drug-likeness (QED) is 0.732. The molecule has 0 spiro atoms. The van der Waals surface area contributed by atoms with Crippen LogP contribution in [-0.4, -0.2) is 22.6 Å². The van der Waals surface area contributed by atoms with E-state index in [0.717, 1.165) is 0 Å². The molecule has 0 aliphatic carbocycles. The average molecular weight is 306 g/mol. The molecule has 0 unspecified atom stereocenters. The summed E-state index contributed by atoms with van der Waals surface area (Å²) in [6, 6.07) is 6.34. The third-order valence-electron chi connectivity index (χ3n) is 2.48. The summed E-state index contributed by atoms with van der Waals surface area (Å²) in [4.78, 5) is 3.84. The van der Waals surface area contributed by atoms with Crippen molar-refractivity contribution in [3.05, 3.63) is 29.8 Å². The highest BCUT2D eigenvalue weighted by Gasteiger charge is 2.19. The van der Waals surface area contributed by atoms with Crippen LogP contribution in [0.1, 0.15) is 25.3 Å². The van der Waals surface area contributed by atoms with Gasteiger partial charge in [0.2, 0.25) is 10.0 Å². The molecule has 19 heavy (non-hydrogen) atoms. The molecule has 8 heteroatoms. The molecule has 0 saturated carbocycles. The summed E-state index contributed by atoms with van der Waals surface area (Å²) in [6.07, 6.45) is 1.19. The number of sulfonamides is 2. The van der Waals surface area contributed by atoms with Gasteiger partial charge >= 0.3 is 0 Å². The van der Waals surface area contributed by atoms with Crippen LogP contribution in [0.2, 0.25) is 0 Å². The molecule has 0 heterocycles. The van der Waals surface area contributed by atoms with Crippen LogP contribution < -0.4 is 9.66 Å². The number of rotatable bonds is 7. The maximum Gasteiger partial charge on any atom is 0.254 e. The fourth-order valence-corrected chi connectivity index (χ4v) is 3.99. The van der Waals surface area contributed by atoms with Crippen LogP contribution in [0, 0.1) is 6.92 Å². The van der Waals surface area contributed by atoms with Gasteiger partial charge in [0.15, 0.2) is 0 Å². The molecule has 2 N–H and O–H groups in total. The molecule has 0 aromatic heterocycles. The lowest BCUT2D eigenvalue weighted by atomic mass is 10.2. The van der Waals surface area contributed by atoms with Crippen LogP contribution >= 0.6 is 0 Å². The maximum absolute atomic E-state index is 11.9. The maximum atomic E-state index is 11.9. The summed E-state index contributed by atoms with van der Waals surface area (Å²) in [5.74, 6) is -0.111. The van der Waals surface area contributed by atoms with Crippen molar-refractivity contribution >= 4 is 20.0 Å². The van der Waals surface area contributed by atoms with Gasteiger partial charge in [-0.1, -0.05) is 31.5 Å². The number of benzene rings is 1. The molecular formula is C11H18N2O4S2. The number of hydrogen-bond donors (Lipinski definition) is 2. The second-order valence-corrected chi connectivity index (χ2v) is 7.64. The third-order valence-corrected chi connectivity index (χ3v) is 5.26. The lowest BCUT2D eigenvalue weighted by molar-refractivity contribution is 0.555. The summed E-state index contributed by atoms with van der Waals surface area (Å²) in [5.41, 5.74) is 0.544. The Morgan fingerprint density at radius 2 is 1.68 bits per heavy atom. The Labute approximate surface area is 114 Å². The van der Waals surface area contributed by atoms with Crippen molar-refractivity contribution in [1.82, 2.24) is 9.66 Å². The van der Waals surface area contributed by atoms with Gasteiger partial charge in [0.1, 0.15) is 0 Å². The summed E-state index contributed by atoms with van der Waals surface area (Å²) < 4.78 is 46.9. The molecule has 0 amide bonds. The molecule has 0 bridgehead atoms. The Morgan fingerprint density at radius 1 is 1.05 bits per heavy atom. The Bertz CT molecular complexity index is 624. The summed E-state index contributed by atoms with van der Waals surface area (Å²) in [6.45, 7) is 3.49. The van der Waals surface area contributed by atoms with E-state index in [4.69, 9.17) is 0 Å². The SMILES string of the molecule is CCCCS(=O)(=O)NNS(=O)(=O)c1ccccc1C. The normalized spacial score (nSPS) is 12.5. The Morgan fingerprint density at radius 3 is 2.26 bits per heavy atom. The molecule has 0 aliphatic heterocycles. The predicted octanol–water partition coefficient (Wildman–Crippen LogP) is 0.908. The largest absolute Gasteiger partial charge is 0.254 e. The van der Waals surface area contributed by atoms with Crippen molar-refractivity contribution in [3.8, 4) is 0 Å². The fraction of sp³-hybridized carbons (Fsp3) is 0.455. The van der Waals surface area contributed by atoms with Gasteiger partial charge in [-0.25, -0.2) is 16.8 Å². The van der Waals surface area contributed by atoms with E-state index in [-0.39, 0.29) is 10.6 Å². The number of nitrogens with one attached hydrogen (secondary N) is 2. The molecule has 0 saturated heterocycles. The summed E-state index contributed by atoms with van der Waals surface area (Å²) >= 11 is 0. The first-order valence-corrected chi connectivity index (χ1v) is 8.99. The van der Waals surface area contributed by atoms with Gasteiger partial charge in [0.25, 0.3) is 10.0 Å². The average Bonchev–Trinajstić information content (AvgIpc) is 2.35. The van der Waals surface area contributed by atoms with Crippen LogP contribution in [-0.2, 0) is 20.0 Å². The minimum Gasteiger partial charge on any atom is -0.211 e. The highest BCUT2D eigenvalue weighted by atomic mass is 32.2. The van der Waals surface area contributed by atoms with Crippen molar-refractivity contribution in [1.29, 1.82) is 0 Å². The van der Waals surface area contributed by atoms with Crippen LogP contribution in [0.4, 0.5) is 0 Å². The van der Waals surface area contributed by atoms with Gasteiger partial charge < -0.3 is 0 Å². The predicted molar refractivity (Wildman–Crippen MR) is 73.3 cm³/mol. The van der Waals surface area contributed by atoms with Crippen molar-refractivity contribution < 1.29 is 16.8 Å². The van der Waals surface area contributed by atoms with Crippen LogP contribution in [0.3, 0.4) is 0 Å². The van der Waals surface area contributed by atoms with E-state index in [1.54, 1.807) is 25.1 Å². The van der Waals surface area contributed by atoms with E-state index in [2.05, 4.69) is 0 Å². The number of unbranched alkanes of at least 4 members (excludes halogenated alkanes) is 1. The van der Waals surface area contributed by atoms with Gasteiger partial charge in [0, 0.05) is 0 Å². The molecule has 108 valence electrons. The van der Waals surface area contributed by atoms with Gasteiger partial charge in [-0.3, -0.25) is 0 Å². The molecular weight excluding hydrogens is 288 g/mol. The van der Waals surface area contributed by atoms with Gasteiger partial charge in [-0.05, 0) is 25.0 Å². The Kier molecular flexibility index (Phi) is 5.48. The van der Waals surface area contributed by atoms with Gasteiger partial charge in [0.05, 0.1) is 10.6 Å². The van der Waals surface area contributed by atoms with E-state index in [1.807, 2.05) is 16.6 Å². The van der Waals surface area contributed by atoms with E-state index in [0.29, 0.717) is 18.4 Å². The van der Waals surface area contributed by atoms with E-state index >= 15 is 0 Å². The van der Waals surface area contributed by atoms with E-state index in [1.165, 1.54) is 6.07 Å². The first-order valence-electron chi connectivity index (χ1n) is 5.85. The zero-order chi connectivity index (χ0) is 14.5. The minimum absolute atomic E-state index is 0.0493. The molecule has 0 radical (unpaired) electrons. The summed E-state index contributed by atoms with van der Waals surface area (Å²) in [7, 11) is -7.53. The molecule has 1 aromatic carbocycles. The van der Waals surface area contributed by atoms with Crippen molar-refractivity contribution in [2.75, 3.05) is 5.75 Å². The van der Waals surface area contributed by atoms with Crippen molar-refractivity contribution in [2.45, 2.75) is 31.6 Å². The number of hydrogen-bond acceptors (Lipinski definition) is 4. The fourth-order valence-electron chi connectivity index (χ4n) is 1.42. The molecule has 1 rings (SSSR count).